The molecule has 0 saturated carbocycles. The third-order valence-electron chi connectivity index (χ3n) is 3.92. The minimum atomic E-state index is -1.84. The van der Waals surface area contributed by atoms with Gasteiger partial charge in [-0.3, -0.25) is 0 Å². The van der Waals surface area contributed by atoms with E-state index in [2.05, 4.69) is 0 Å². The van der Waals surface area contributed by atoms with Gasteiger partial charge >= 0.3 is 9.48 Å². The van der Waals surface area contributed by atoms with E-state index in [-0.39, 0.29) is 0 Å². The van der Waals surface area contributed by atoms with Crippen LogP contribution in [0.2, 0.25) is 0 Å². The van der Waals surface area contributed by atoms with Gasteiger partial charge in [0.05, 0.1) is 21.5 Å². The Morgan fingerprint density at radius 2 is 1.09 bits per heavy atom. The van der Waals surface area contributed by atoms with E-state index >= 15 is 0 Å². The average molecular weight is 330 g/mol. The molecule has 2 aromatic carbocycles. The van der Waals surface area contributed by atoms with Gasteiger partial charge in [-0.15, -0.1) is 0 Å². The highest BCUT2D eigenvalue weighted by Gasteiger charge is 2.26. The number of rotatable bonds is 0. The van der Waals surface area contributed by atoms with Crippen molar-refractivity contribution < 1.29 is 9.11 Å². The molecule has 4 rings (SSSR count). The van der Waals surface area contributed by atoms with Crippen LogP contribution in [0.15, 0.2) is 33.9 Å². The Kier molecular flexibility index (Phi) is 2.71. The summed E-state index contributed by atoms with van der Waals surface area (Å²) in [6.07, 6.45) is 0. The van der Waals surface area contributed by atoms with Crippen molar-refractivity contribution in [3.8, 4) is 0 Å². The number of hydrogen-bond donors (Lipinski definition) is 0. The molecule has 0 aliphatic carbocycles. The van der Waals surface area contributed by atoms with Crippen molar-refractivity contribution >= 4 is 52.4 Å². The van der Waals surface area contributed by atoms with Gasteiger partial charge < -0.3 is 9.11 Å². The predicted octanol–water partition coefficient (Wildman–Crippen LogP) is 3.38. The second kappa shape index (κ2) is 4.33. The molecule has 0 aliphatic heterocycles. The van der Waals surface area contributed by atoms with Gasteiger partial charge in [0.25, 0.3) is 0 Å². The quantitative estimate of drug-likeness (QED) is 0.366. The van der Waals surface area contributed by atoms with Gasteiger partial charge in [-0.2, -0.15) is 0 Å². The smallest absolute Gasteiger partial charge is 0.382 e. The fraction of sp³-hybridized carbons (Fsp3) is 0.125. The van der Waals surface area contributed by atoms with Crippen molar-refractivity contribution in [3.63, 3.8) is 0 Å². The maximum Gasteiger partial charge on any atom is 0.382 e. The molecule has 0 spiro atoms. The fourth-order valence-electron chi connectivity index (χ4n) is 3.04. The lowest BCUT2D eigenvalue weighted by molar-refractivity contribution is 0.597. The Labute approximate surface area is 130 Å². The van der Waals surface area contributed by atoms with Crippen molar-refractivity contribution in [3.05, 3.63) is 54.5 Å². The Morgan fingerprint density at radius 3 is 1.45 bits per heavy atom. The summed E-state index contributed by atoms with van der Waals surface area (Å²) in [6, 6.07) is 6.64. The van der Waals surface area contributed by atoms with Crippen LogP contribution in [0.5, 0.6) is 0 Å². The zero-order valence-electron chi connectivity index (χ0n) is 11.8. The SMILES string of the molecule is Cc1cc2c(=O)[s+]([O-])c3cc(C)cc4c(=O)[s+]([O-])c(c1)c2c43. The predicted molar refractivity (Wildman–Crippen MR) is 89.5 cm³/mol. The molecule has 4 nitrogen and oxygen atoms in total. The molecule has 6 heteroatoms. The summed E-state index contributed by atoms with van der Waals surface area (Å²) in [5.74, 6) is 0. The molecule has 0 bridgehead atoms. The van der Waals surface area contributed by atoms with E-state index in [4.69, 9.17) is 0 Å². The topological polar surface area (TPSA) is 80.3 Å². The molecular formula is C16H10O4S2. The highest BCUT2D eigenvalue weighted by atomic mass is 32.2. The summed E-state index contributed by atoms with van der Waals surface area (Å²) >= 11 is 0. The van der Waals surface area contributed by atoms with E-state index in [9.17, 15) is 18.7 Å². The largest absolute Gasteiger partial charge is 0.587 e. The molecule has 0 saturated heterocycles. The van der Waals surface area contributed by atoms with Gasteiger partial charge in [-0.05, 0) is 58.6 Å². The van der Waals surface area contributed by atoms with E-state index in [1.54, 1.807) is 38.1 Å². The maximum absolute atomic E-state index is 12.5. The minimum Gasteiger partial charge on any atom is -0.587 e. The second-order valence-corrected chi connectivity index (χ2v) is 8.18. The van der Waals surface area contributed by atoms with Crippen LogP contribution in [-0.4, -0.2) is 9.11 Å². The highest BCUT2D eigenvalue weighted by molar-refractivity contribution is 7.32. The first-order valence-electron chi connectivity index (χ1n) is 6.62. The van der Waals surface area contributed by atoms with Crippen LogP contribution < -0.4 is 9.48 Å². The van der Waals surface area contributed by atoms with E-state index in [1.807, 2.05) is 0 Å². The summed E-state index contributed by atoms with van der Waals surface area (Å²) < 4.78 is 24.7. The second-order valence-electron chi connectivity index (χ2n) is 5.48. The molecular weight excluding hydrogens is 320 g/mol. The Hall–Kier alpha value is -1.86. The van der Waals surface area contributed by atoms with Gasteiger partial charge in [0.15, 0.2) is 9.40 Å². The van der Waals surface area contributed by atoms with Crippen LogP contribution in [-0.2, 0) is 0 Å². The first-order chi connectivity index (χ1) is 10.4. The molecule has 2 unspecified atom stereocenters. The van der Waals surface area contributed by atoms with Gasteiger partial charge in [0, 0.05) is 12.1 Å². The van der Waals surface area contributed by atoms with E-state index in [1.165, 1.54) is 0 Å². The van der Waals surface area contributed by atoms with Crippen molar-refractivity contribution in [2.24, 2.45) is 0 Å². The minimum absolute atomic E-state index is 0.298. The molecule has 0 fully saturated rings. The van der Waals surface area contributed by atoms with E-state index < -0.39 is 31.0 Å². The van der Waals surface area contributed by atoms with Gasteiger partial charge in [-0.25, -0.2) is 9.59 Å². The van der Waals surface area contributed by atoms with E-state index in [0.717, 1.165) is 11.1 Å². The Bertz CT molecular complexity index is 1110. The number of benzene rings is 2. The summed E-state index contributed by atoms with van der Waals surface area (Å²) in [6.45, 7) is 3.52. The van der Waals surface area contributed by atoms with Crippen LogP contribution in [0.4, 0.5) is 0 Å². The summed E-state index contributed by atoms with van der Waals surface area (Å²) in [5.41, 5.74) is 1.44. The van der Waals surface area contributed by atoms with Crippen molar-refractivity contribution in [1.29, 1.82) is 0 Å². The standard InChI is InChI=1S/C16H10O4S2/c1-7-3-9-13-11(5-7)21(19)16(18)10-4-8(2)6-12(14(10)13)22(20)15(9)17/h3-6H,1-2H3. The average Bonchev–Trinajstić information content (AvgIpc) is 2.48. The van der Waals surface area contributed by atoms with Crippen LogP contribution in [0.3, 0.4) is 0 Å². The van der Waals surface area contributed by atoms with Crippen LogP contribution >= 0.6 is 21.5 Å². The third kappa shape index (κ3) is 1.58. The molecule has 4 aromatic rings. The molecule has 0 amide bonds. The number of aryl methyl sites for hydroxylation is 2. The molecule has 110 valence electrons. The van der Waals surface area contributed by atoms with Crippen molar-refractivity contribution in [1.82, 2.24) is 0 Å². The molecule has 22 heavy (non-hydrogen) atoms. The lowest BCUT2D eigenvalue weighted by Gasteiger charge is -2.10. The molecule has 0 radical (unpaired) electrons. The van der Waals surface area contributed by atoms with Crippen LogP contribution in [0.25, 0.3) is 30.9 Å². The monoisotopic (exact) mass is 330 g/mol. The molecule has 2 aromatic heterocycles. The summed E-state index contributed by atoms with van der Waals surface area (Å²) in [7, 11) is -3.68. The van der Waals surface area contributed by atoms with Crippen LogP contribution in [0.1, 0.15) is 11.1 Å². The van der Waals surface area contributed by atoms with E-state index in [0.29, 0.717) is 30.9 Å². The van der Waals surface area contributed by atoms with Crippen LogP contribution in [0, 0.1) is 13.8 Å². The summed E-state index contributed by atoms with van der Waals surface area (Å²) in [5, 5.41) is 1.62. The molecule has 0 N–H and O–H groups in total. The highest BCUT2D eigenvalue weighted by Crippen LogP contribution is 2.40. The first-order valence-corrected chi connectivity index (χ1v) is 8.92. The third-order valence-corrected chi connectivity index (χ3v) is 6.48. The Balaban J connectivity index is 2.59. The maximum atomic E-state index is 12.5. The zero-order chi connectivity index (χ0) is 15.8. The molecule has 0 aliphatic rings. The lowest BCUT2D eigenvalue weighted by atomic mass is 10.0. The van der Waals surface area contributed by atoms with Crippen molar-refractivity contribution in [2.75, 3.05) is 0 Å². The van der Waals surface area contributed by atoms with Gasteiger partial charge in [0.1, 0.15) is 0 Å². The fourth-order valence-corrected chi connectivity index (χ4v) is 5.54. The van der Waals surface area contributed by atoms with Gasteiger partial charge in [-0.1, -0.05) is 0 Å². The Morgan fingerprint density at radius 1 is 0.727 bits per heavy atom. The van der Waals surface area contributed by atoms with Crippen molar-refractivity contribution in [2.45, 2.75) is 13.8 Å². The normalized spacial score (nSPS) is 13.6. The molecule has 2 heterocycles. The lowest BCUT2D eigenvalue weighted by Crippen LogP contribution is -2.08. The van der Waals surface area contributed by atoms with Gasteiger partial charge in [0.2, 0.25) is 0 Å². The zero-order valence-corrected chi connectivity index (χ0v) is 13.4. The number of hydrogen-bond acceptors (Lipinski definition) is 4. The summed E-state index contributed by atoms with van der Waals surface area (Å²) in [4.78, 5) is 24.9. The first kappa shape index (κ1) is 13.8. The molecule has 2 atom stereocenters.